The number of aliphatic carboxylic acids is 1. The molecule has 0 heterocycles. The van der Waals surface area contributed by atoms with Gasteiger partial charge in [0.15, 0.2) is 0 Å². The second-order valence-electron chi connectivity index (χ2n) is 6.80. The Kier molecular flexibility index (Phi) is 11.5. The SMILES string of the molecule is CCC(C)C(NC(=O)C(N)CO)C(=O)NC(CCC(N)=O)C(=O)NC(C)C(=O)O. The number of rotatable bonds is 13. The van der Waals surface area contributed by atoms with E-state index in [9.17, 15) is 24.0 Å². The van der Waals surface area contributed by atoms with Gasteiger partial charge in [0.05, 0.1) is 6.61 Å². The van der Waals surface area contributed by atoms with Crippen LogP contribution in [-0.2, 0) is 24.0 Å². The first kappa shape index (κ1) is 26.3. The summed E-state index contributed by atoms with van der Waals surface area (Å²) in [6, 6.07) is -4.75. The number of aliphatic hydroxyl groups excluding tert-OH is 1. The molecule has 0 aliphatic rings. The van der Waals surface area contributed by atoms with Crippen molar-refractivity contribution in [2.75, 3.05) is 6.61 Å². The maximum Gasteiger partial charge on any atom is 0.325 e. The van der Waals surface area contributed by atoms with Gasteiger partial charge in [-0.15, -0.1) is 0 Å². The van der Waals surface area contributed by atoms with Crippen LogP contribution in [0.1, 0.15) is 40.0 Å². The highest BCUT2D eigenvalue weighted by Crippen LogP contribution is 2.10. The van der Waals surface area contributed by atoms with Crippen LogP contribution in [0.15, 0.2) is 0 Å². The molecule has 0 spiro atoms. The maximum atomic E-state index is 12.7. The molecule has 5 atom stereocenters. The molecule has 0 saturated heterocycles. The first-order valence-corrected chi connectivity index (χ1v) is 9.23. The Bertz CT molecular complexity index is 613. The van der Waals surface area contributed by atoms with Gasteiger partial charge in [-0.2, -0.15) is 0 Å². The van der Waals surface area contributed by atoms with Crippen molar-refractivity contribution in [1.82, 2.24) is 16.0 Å². The van der Waals surface area contributed by atoms with E-state index in [1.54, 1.807) is 13.8 Å². The van der Waals surface area contributed by atoms with Crippen LogP contribution >= 0.6 is 0 Å². The largest absolute Gasteiger partial charge is 0.480 e. The van der Waals surface area contributed by atoms with Crippen molar-refractivity contribution in [3.05, 3.63) is 0 Å². The van der Waals surface area contributed by atoms with Crippen molar-refractivity contribution in [1.29, 1.82) is 0 Å². The third kappa shape index (κ3) is 9.34. The lowest BCUT2D eigenvalue weighted by molar-refractivity contribution is -0.142. The zero-order valence-corrected chi connectivity index (χ0v) is 16.8. The number of carbonyl (C=O) groups is 5. The minimum Gasteiger partial charge on any atom is -0.480 e. The Morgan fingerprint density at radius 3 is 2.00 bits per heavy atom. The van der Waals surface area contributed by atoms with Gasteiger partial charge in [-0.05, 0) is 19.3 Å². The number of hydrogen-bond donors (Lipinski definition) is 7. The Morgan fingerprint density at radius 1 is 0.966 bits per heavy atom. The fourth-order valence-electron chi connectivity index (χ4n) is 2.24. The summed E-state index contributed by atoms with van der Waals surface area (Å²) in [5.74, 6) is -4.60. The normalized spacial score (nSPS) is 15.9. The Hall–Kier alpha value is -2.73. The molecule has 4 amide bonds. The lowest BCUT2D eigenvalue weighted by atomic mass is 9.97. The molecule has 0 fully saturated rings. The zero-order valence-electron chi connectivity index (χ0n) is 16.8. The van der Waals surface area contributed by atoms with Crippen LogP contribution in [-0.4, -0.2) is 70.6 Å². The number of carboxylic acid groups (broad SMARTS) is 1. The van der Waals surface area contributed by atoms with E-state index in [-0.39, 0.29) is 18.8 Å². The second-order valence-corrected chi connectivity index (χ2v) is 6.80. The van der Waals surface area contributed by atoms with Crippen molar-refractivity contribution in [2.24, 2.45) is 17.4 Å². The molecule has 12 nitrogen and oxygen atoms in total. The molecule has 0 bridgehead atoms. The van der Waals surface area contributed by atoms with E-state index in [1.807, 2.05) is 0 Å². The Balaban J connectivity index is 5.41. The van der Waals surface area contributed by atoms with Crippen molar-refractivity contribution in [3.8, 4) is 0 Å². The fourth-order valence-corrected chi connectivity index (χ4v) is 2.24. The van der Waals surface area contributed by atoms with Gasteiger partial charge in [-0.25, -0.2) is 0 Å². The highest BCUT2D eigenvalue weighted by atomic mass is 16.4. The van der Waals surface area contributed by atoms with Gasteiger partial charge >= 0.3 is 5.97 Å². The summed E-state index contributed by atoms with van der Waals surface area (Å²) in [4.78, 5) is 59.1. The van der Waals surface area contributed by atoms with E-state index >= 15 is 0 Å². The van der Waals surface area contributed by atoms with Gasteiger partial charge in [0, 0.05) is 6.42 Å². The third-order valence-electron chi connectivity index (χ3n) is 4.37. The minimum atomic E-state index is -1.28. The second kappa shape index (κ2) is 12.7. The molecule has 0 aromatic rings. The average Bonchev–Trinajstić information content (AvgIpc) is 2.66. The predicted octanol–water partition coefficient (Wildman–Crippen LogP) is -2.82. The summed E-state index contributed by atoms with van der Waals surface area (Å²) < 4.78 is 0. The van der Waals surface area contributed by atoms with Crippen molar-refractivity contribution >= 4 is 29.6 Å². The predicted molar refractivity (Wildman–Crippen MR) is 102 cm³/mol. The van der Waals surface area contributed by atoms with Crippen LogP contribution in [0, 0.1) is 5.92 Å². The van der Waals surface area contributed by atoms with Gasteiger partial charge in [0.25, 0.3) is 0 Å². The summed E-state index contributed by atoms with van der Waals surface area (Å²) >= 11 is 0. The highest BCUT2D eigenvalue weighted by Gasteiger charge is 2.31. The molecule has 0 aromatic heterocycles. The summed E-state index contributed by atoms with van der Waals surface area (Å²) in [6.07, 6.45) is 0.118. The van der Waals surface area contributed by atoms with E-state index in [2.05, 4.69) is 16.0 Å². The number of carboxylic acids is 1. The van der Waals surface area contributed by atoms with Gasteiger partial charge in [0.2, 0.25) is 23.6 Å². The standard InChI is InChI=1S/C17H31N5O7/c1-4-8(2)13(22-14(25)10(18)7-23)16(27)21-11(5-6-12(19)24)15(26)20-9(3)17(28)29/h8-11,13,23H,4-7,18H2,1-3H3,(H2,19,24)(H,20,26)(H,21,27)(H,22,25)(H,28,29). The number of primary amides is 1. The van der Waals surface area contributed by atoms with Crippen LogP contribution in [0.5, 0.6) is 0 Å². The summed E-state index contributed by atoms with van der Waals surface area (Å²) in [7, 11) is 0. The highest BCUT2D eigenvalue weighted by molar-refractivity contribution is 5.94. The molecule has 5 unspecified atom stereocenters. The van der Waals surface area contributed by atoms with Gasteiger partial charge < -0.3 is 37.6 Å². The molecule has 0 aliphatic carbocycles. The Morgan fingerprint density at radius 2 is 1.55 bits per heavy atom. The summed E-state index contributed by atoms with van der Waals surface area (Å²) in [6.45, 7) is 4.11. The molecule has 0 aliphatic heterocycles. The van der Waals surface area contributed by atoms with Crippen molar-refractivity contribution in [3.63, 3.8) is 0 Å². The van der Waals surface area contributed by atoms with Crippen LogP contribution in [0.4, 0.5) is 0 Å². The lowest BCUT2D eigenvalue weighted by Gasteiger charge is -2.27. The zero-order chi connectivity index (χ0) is 22.7. The van der Waals surface area contributed by atoms with Crippen LogP contribution in [0.3, 0.4) is 0 Å². The van der Waals surface area contributed by atoms with Crippen LogP contribution < -0.4 is 27.4 Å². The Labute approximate surface area is 168 Å². The maximum absolute atomic E-state index is 12.7. The number of hydrogen-bond acceptors (Lipinski definition) is 7. The van der Waals surface area contributed by atoms with Crippen LogP contribution in [0.2, 0.25) is 0 Å². The van der Waals surface area contributed by atoms with Gasteiger partial charge in [-0.3, -0.25) is 24.0 Å². The molecule has 0 saturated carbocycles. The molecule has 0 rings (SSSR count). The molecule has 0 radical (unpaired) electrons. The lowest BCUT2D eigenvalue weighted by Crippen LogP contribution is -2.58. The third-order valence-corrected chi connectivity index (χ3v) is 4.37. The van der Waals surface area contributed by atoms with E-state index < -0.39 is 60.4 Å². The van der Waals surface area contributed by atoms with E-state index in [0.29, 0.717) is 6.42 Å². The topological polar surface area (TPSA) is 214 Å². The fraction of sp³-hybridized carbons (Fsp3) is 0.706. The molecular formula is C17H31N5O7. The van der Waals surface area contributed by atoms with E-state index in [4.69, 9.17) is 21.7 Å². The number of nitrogens with one attached hydrogen (secondary N) is 3. The average molecular weight is 417 g/mol. The van der Waals surface area contributed by atoms with Crippen molar-refractivity contribution < 1.29 is 34.2 Å². The molecule has 0 aromatic carbocycles. The molecular weight excluding hydrogens is 386 g/mol. The molecule has 9 N–H and O–H groups in total. The minimum absolute atomic E-state index is 0.156. The molecule has 29 heavy (non-hydrogen) atoms. The first-order chi connectivity index (χ1) is 13.4. The number of aliphatic hydroxyl groups is 1. The molecule has 12 heteroatoms. The number of nitrogens with two attached hydrogens (primary N) is 2. The first-order valence-electron chi connectivity index (χ1n) is 9.23. The monoisotopic (exact) mass is 417 g/mol. The summed E-state index contributed by atoms with van der Waals surface area (Å²) in [5.41, 5.74) is 10.5. The van der Waals surface area contributed by atoms with E-state index in [1.165, 1.54) is 6.92 Å². The van der Waals surface area contributed by atoms with Crippen LogP contribution in [0.25, 0.3) is 0 Å². The quantitative estimate of drug-likeness (QED) is 0.165. The number of amides is 4. The smallest absolute Gasteiger partial charge is 0.325 e. The van der Waals surface area contributed by atoms with E-state index in [0.717, 1.165) is 0 Å². The molecule has 166 valence electrons. The summed E-state index contributed by atoms with van der Waals surface area (Å²) in [5, 5.41) is 25.0. The van der Waals surface area contributed by atoms with Gasteiger partial charge in [0.1, 0.15) is 24.2 Å². The van der Waals surface area contributed by atoms with Gasteiger partial charge in [-0.1, -0.05) is 20.3 Å². The number of carbonyl (C=O) groups excluding carboxylic acids is 4. The van der Waals surface area contributed by atoms with Crippen molar-refractivity contribution in [2.45, 2.75) is 64.2 Å².